The molecule has 0 aliphatic carbocycles. The maximum Gasteiger partial charge on any atom is 0.293 e. The van der Waals surface area contributed by atoms with Gasteiger partial charge in [-0.1, -0.05) is 17.7 Å². The molecule has 1 fully saturated rings. The molecule has 1 saturated heterocycles. The summed E-state index contributed by atoms with van der Waals surface area (Å²) in [5.41, 5.74) is 8.77. The van der Waals surface area contributed by atoms with Gasteiger partial charge in [0.25, 0.3) is 11.7 Å². The zero-order valence-corrected chi connectivity index (χ0v) is 16.4. The summed E-state index contributed by atoms with van der Waals surface area (Å²) in [4.78, 5) is 42.4. The Balaban J connectivity index is 1.50. The van der Waals surface area contributed by atoms with Gasteiger partial charge in [-0.15, -0.1) is 0 Å². The zero-order valence-electron chi connectivity index (χ0n) is 15.7. The van der Waals surface area contributed by atoms with E-state index in [1.807, 2.05) is 13.0 Å². The molecule has 0 radical (unpaired) electrons. The van der Waals surface area contributed by atoms with Crippen LogP contribution in [0.2, 0.25) is 5.02 Å². The first-order valence-electron chi connectivity index (χ1n) is 9.14. The number of rotatable bonds is 4. The highest BCUT2D eigenvalue weighted by Crippen LogP contribution is 2.30. The highest BCUT2D eigenvalue weighted by molar-refractivity contribution is 6.45. The van der Waals surface area contributed by atoms with Crippen LogP contribution >= 0.6 is 11.6 Å². The van der Waals surface area contributed by atoms with Crippen LogP contribution in [0.3, 0.4) is 0 Å². The van der Waals surface area contributed by atoms with Crippen molar-refractivity contribution < 1.29 is 14.4 Å². The quantitative estimate of drug-likeness (QED) is 0.349. The number of hydrogen-bond donors (Lipinski definition) is 3. The molecule has 2 amide bonds. The van der Waals surface area contributed by atoms with Crippen molar-refractivity contribution in [3.63, 3.8) is 0 Å². The fraction of sp³-hybridized carbons (Fsp3) is 0.190. The summed E-state index contributed by atoms with van der Waals surface area (Å²) in [6.45, 7) is 2.32. The summed E-state index contributed by atoms with van der Waals surface area (Å²) in [6, 6.07) is 9.72. The Kier molecular flexibility index (Phi) is 4.76. The predicted molar refractivity (Wildman–Crippen MR) is 112 cm³/mol. The Hall–Kier alpha value is -3.32. The number of hydrogen-bond acceptors (Lipinski definition) is 4. The van der Waals surface area contributed by atoms with E-state index >= 15 is 0 Å². The molecule has 1 aromatic heterocycles. The van der Waals surface area contributed by atoms with Gasteiger partial charge in [-0.2, -0.15) is 0 Å². The number of benzene rings is 2. The number of nitrogens with two attached hydrogens (primary N) is 1. The largest absolute Gasteiger partial charge is 0.399 e. The Bertz CT molecular complexity index is 1150. The van der Waals surface area contributed by atoms with Crippen LogP contribution in [-0.4, -0.2) is 35.2 Å². The number of nitrogen functional groups attached to an aromatic ring is 1. The molecule has 7 nitrogen and oxygen atoms in total. The maximum absolute atomic E-state index is 12.8. The van der Waals surface area contributed by atoms with Gasteiger partial charge in [-0.05, 0) is 49.2 Å². The number of H-pyrrole nitrogens is 1. The van der Waals surface area contributed by atoms with Crippen molar-refractivity contribution in [2.75, 3.05) is 17.2 Å². The SMILES string of the molecule is Cc1ccc(N2CCC(NC(=O)C(=O)c3c[nH]c4ccc(N)cc34)C2=O)c(Cl)c1. The van der Waals surface area contributed by atoms with Crippen LogP contribution in [0.25, 0.3) is 10.9 Å². The summed E-state index contributed by atoms with van der Waals surface area (Å²) in [7, 11) is 0. The third-order valence-corrected chi connectivity index (χ3v) is 5.36. The van der Waals surface area contributed by atoms with Gasteiger partial charge in [0.15, 0.2) is 0 Å². The van der Waals surface area contributed by atoms with Crippen molar-refractivity contribution in [1.29, 1.82) is 0 Å². The molecule has 3 aromatic rings. The number of Topliss-reactive ketones (excluding diaryl/α,β-unsaturated/α-hetero) is 1. The van der Waals surface area contributed by atoms with E-state index in [1.54, 1.807) is 30.3 Å². The second-order valence-corrected chi connectivity index (χ2v) is 7.50. The number of carbonyl (C=O) groups is 3. The van der Waals surface area contributed by atoms with Gasteiger partial charge in [-0.25, -0.2) is 0 Å². The number of aromatic amines is 1. The molecule has 0 bridgehead atoms. The van der Waals surface area contributed by atoms with Gasteiger partial charge in [-0.3, -0.25) is 14.4 Å². The standard InChI is InChI=1S/C21H19ClN4O3/c1-11-2-5-18(15(22)8-11)26-7-6-17(21(26)29)25-20(28)19(27)14-10-24-16-4-3-12(23)9-13(14)16/h2-5,8-10,17,24H,6-7,23H2,1H3,(H,25,28). The number of halogens is 1. The maximum atomic E-state index is 12.8. The van der Waals surface area contributed by atoms with E-state index < -0.39 is 17.7 Å². The molecule has 4 N–H and O–H groups in total. The molecule has 0 spiro atoms. The normalized spacial score (nSPS) is 16.4. The Labute approximate surface area is 171 Å². The van der Waals surface area contributed by atoms with Crippen molar-refractivity contribution in [1.82, 2.24) is 10.3 Å². The number of aromatic nitrogens is 1. The topological polar surface area (TPSA) is 108 Å². The number of nitrogens with one attached hydrogen (secondary N) is 2. The molecular weight excluding hydrogens is 392 g/mol. The smallest absolute Gasteiger partial charge is 0.293 e. The van der Waals surface area contributed by atoms with Crippen molar-refractivity contribution in [3.05, 3.63) is 58.7 Å². The van der Waals surface area contributed by atoms with E-state index in [9.17, 15) is 14.4 Å². The summed E-state index contributed by atoms with van der Waals surface area (Å²) >= 11 is 6.27. The van der Waals surface area contributed by atoms with Crippen LogP contribution < -0.4 is 16.0 Å². The molecule has 2 aromatic carbocycles. The van der Waals surface area contributed by atoms with Crippen molar-refractivity contribution in [2.45, 2.75) is 19.4 Å². The Morgan fingerprint density at radius 1 is 1.24 bits per heavy atom. The van der Waals surface area contributed by atoms with Gasteiger partial charge in [0, 0.05) is 29.3 Å². The number of amides is 2. The van der Waals surface area contributed by atoms with Crippen molar-refractivity contribution in [3.8, 4) is 0 Å². The second-order valence-electron chi connectivity index (χ2n) is 7.10. The van der Waals surface area contributed by atoms with E-state index in [0.717, 1.165) is 5.56 Å². The van der Waals surface area contributed by atoms with Gasteiger partial charge < -0.3 is 20.9 Å². The fourth-order valence-corrected chi connectivity index (χ4v) is 3.89. The summed E-state index contributed by atoms with van der Waals surface area (Å²) in [6.07, 6.45) is 1.86. The number of carbonyl (C=O) groups excluding carboxylic acids is 3. The third kappa shape index (κ3) is 3.45. The summed E-state index contributed by atoms with van der Waals surface area (Å²) in [5.74, 6) is -1.84. The molecule has 4 rings (SSSR count). The van der Waals surface area contributed by atoms with Crippen LogP contribution in [0, 0.1) is 6.92 Å². The predicted octanol–water partition coefficient (Wildman–Crippen LogP) is 2.82. The van der Waals surface area contributed by atoms with Crippen molar-refractivity contribution >= 4 is 51.5 Å². The van der Waals surface area contributed by atoms with Crippen LogP contribution in [-0.2, 0) is 9.59 Å². The summed E-state index contributed by atoms with van der Waals surface area (Å²) in [5, 5.41) is 3.59. The molecule has 29 heavy (non-hydrogen) atoms. The average Bonchev–Trinajstić information content (AvgIpc) is 3.25. The lowest BCUT2D eigenvalue weighted by atomic mass is 10.1. The van der Waals surface area contributed by atoms with Gasteiger partial charge in [0.05, 0.1) is 16.3 Å². The average molecular weight is 411 g/mol. The van der Waals surface area contributed by atoms with E-state index in [4.69, 9.17) is 17.3 Å². The molecular formula is C21H19ClN4O3. The molecule has 2 heterocycles. The minimum absolute atomic E-state index is 0.216. The lowest BCUT2D eigenvalue weighted by Crippen LogP contribution is -2.44. The highest BCUT2D eigenvalue weighted by atomic mass is 35.5. The number of anilines is 2. The summed E-state index contributed by atoms with van der Waals surface area (Å²) < 4.78 is 0. The van der Waals surface area contributed by atoms with E-state index in [1.165, 1.54) is 11.1 Å². The molecule has 1 aliphatic rings. The van der Waals surface area contributed by atoms with Gasteiger partial charge >= 0.3 is 0 Å². The molecule has 1 aliphatic heterocycles. The van der Waals surface area contributed by atoms with E-state index in [-0.39, 0.29) is 11.5 Å². The van der Waals surface area contributed by atoms with Crippen LogP contribution in [0.5, 0.6) is 0 Å². The molecule has 1 unspecified atom stereocenters. The Morgan fingerprint density at radius 3 is 2.79 bits per heavy atom. The Morgan fingerprint density at radius 2 is 2.03 bits per heavy atom. The molecule has 1 atom stereocenters. The highest BCUT2D eigenvalue weighted by Gasteiger charge is 2.36. The monoisotopic (exact) mass is 410 g/mol. The number of nitrogens with zero attached hydrogens (tertiary/aromatic N) is 1. The molecule has 0 saturated carbocycles. The van der Waals surface area contributed by atoms with Gasteiger partial charge in [0.2, 0.25) is 5.91 Å². The minimum atomic E-state index is -0.830. The lowest BCUT2D eigenvalue weighted by molar-refractivity contribution is -0.124. The van der Waals surface area contributed by atoms with Crippen LogP contribution in [0.15, 0.2) is 42.6 Å². The zero-order chi connectivity index (χ0) is 20.7. The first kappa shape index (κ1) is 19.0. The minimum Gasteiger partial charge on any atom is -0.399 e. The van der Waals surface area contributed by atoms with Gasteiger partial charge in [0.1, 0.15) is 6.04 Å². The van der Waals surface area contributed by atoms with Crippen LogP contribution in [0.4, 0.5) is 11.4 Å². The van der Waals surface area contributed by atoms with Crippen LogP contribution in [0.1, 0.15) is 22.3 Å². The first-order valence-corrected chi connectivity index (χ1v) is 9.52. The number of aryl methyl sites for hydroxylation is 1. The van der Waals surface area contributed by atoms with E-state index in [2.05, 4.69) is 10.3 Å². The molecule has 148 valence electrons. The lowest BCUT2D eigenvalue weighted by Gasteiger charge is -2.18. The second kappa shape index (κ2) is 7.25. The number of fused-ring (bicyclic) bond motifs is 1. The fourth-order valence-electron chi connectivity index (χ4n) is 3.56. The third-order valence-electron chi connectivity index (χ3n) is 5.06. The van der Waals surface area contributed by atoms with E-state index in [0.29, 0.717) is 40.3 Å². The van der Waals surface area contributed by atoms with Crippen molar-refractivity contribution in [2.24, 2.45) is 0 Å². The molecule has 8 heteroatoms. The number of ketones is 1. The first-order chi connectivity index (χ1) is 13.8.